The number of carbonyl (C=O) groups excluding carboxylic acids is 1. The molecule has 0 spiro atoms. The van der Waals surface area contributed by atoms with Crippen molar-refractivity contribution in [3.63, 3.8) is 0 Å². The summed E-state index contributed by atoms with van der Waals surface area (Å²) < 4.78 is 0. The van der Waals surface area contributed by atoms with E-state index in [1.54, 1.807) is 19.0 Å². The zero-order chi connectivity index (χ0) is 14.8. The molecule has 118 valence electrons. The molecule has 1 aliphatic rings. The molecule has 3 rings (SSSR count). The summed E-state index contributed by atoms with van der Waals surface area (Å²) in [7, 11) is 3.56. The highest BCUT2D eigenvalue weighted by Gasteiger charge is 2.23. The van der Waals surface area contributed by atoms with Gasteiger partial charge in [0, 0.05) is 40.3 Å². The number of benzene rings is 1. The lowest BCUT2D eigenvalue weighted by atomic mass is 10.3. The van der Waals surface area contributed by atoms with Gasteiger partial charge in [-0.25, -0.2) is 9.78 Å². The molecule has 0 bridgehead atoms. The number of carbonyl (C=O) groups is 1. The summed E-state index contributed by atoms with van der Waals surface area (Å²) in [5, 5.41) is 0. The minimum absolute atomic E-state index is 0. The molecule has 1 aromatic heterocycles. The Hall–Kier alpha value is -2.08. The van der Waals surface area contributed by atoms with E-state index in [1.165, 1.54) is 0 Å². The van der Waals surface area contributed by atoms with Crippen LogP contribution in [0.15, 0.2) is 30.5 Å². The van der Waals surface area contributed by atoms with Gasteiger partial charge in [-0.3, -0.25) is 4.98 Å². The summed E-state index contributed by atoms with van der Waals surface area (Å²) in [5.74, 6) is 0.880. The van der Waals surface area contributed by atoms with Gasteiger partial charge >= 0.3 is 6.03 Å². The minimum atomic E-state index is 0. The van der Waals surface area contributed by atoms with Gasteiger partial charge in [0.1, 0.15) is 5.82 Å². The van der Waals surface area contributed by atoms with Crippen LogP contribution < -0.4 is 4.90 Å². The first-order valence-corrected chi connectivity index (χ1v) is 7.08. The molecule has 0 unspecified atom stereocenters. The Bertz CT molecular complexity index is 655. The third-order valence-electron chi connectivity index (χ3n) is 3.69. The maximum Gasteiger partial charge on any atom is 0.319 e. The number of aromatic nitrogens is 2. The van der Waals surface area contributed by atoms with Crippen LogP contribution in [0.2, 0.25) is 0 Å². The summed E-state index contributed by atoms with van der Waals surface area (Å²) in [4.78, 5) is 26.7. The Morgan fingerprint density at radius 3 is 2.36 bits per heavy atom. The highest BCUT2D eigenvalue weighted by Crippen LogP contribution is 2.17. The van der Waals surface area contributed by atoms with Crippen molar-refractivity contribution in [3.8, 4) is 0 Å². The lowest BCUT2D eigenvalue weighted by Crippen LogP contribution is -2.51. The second-order valence-electron chi connectivity index (χ2n) is 5.37. The van der Waals surface area contributed by atoms with Crippen molar-refractivity contribution in [2.24, 2.45) is 0 Å². The molecule has 1 aromatic carbocycles. The minimum Gasteiger partial charge on any atom is -0.352 e. The smallest absolute Gasteiger partial charge is 0.319 e. The van der Waals surface area contributed by atoms with E-state index in [0.717, 1.165) is 29.9 Å². The van der Waals surface area contributed by atoms with Gasteiger partial charge in [0.05, 0.1) is 17.2 Å². The van der Waals surface area contributed by atoms with Gasteiger partial charge in [-0.1, -0.05) is 12.1 Å². The molecule has 6 nitrogen and oxygen atoms in total. The summed E-state index contributed by atoms with van der Waals surface area (Å²) in [6, 6.07) is 7.92. The molecule has 2 amide bonds. The Labute approximate surface area is 136 Å². The Morgan fingerprint density at radius 2 is 1.73 bits per heavy atom. The average Bonchev–Trinajstić information content (AvgIpc) is 2.54. The quantitative estimate of drug-likeness (QED) is 0.804. The van der Waals surface area contributed by atoms with Crippen molar-refractivity contribution < 1.29 is 4.79 Å². The van der Waals surface area contributed by atoms with E-state index in [2.05, 4.69) is 14.9 Å². The molecule has 2 aromatic rings. The summed E-state index contributed by atoms with van der Waals surface area (Å²) >= 11 is 0. The normalized spacial score (nSPS) is 14.6. The van der Waals surface area contributed by atoms with Crippen molar-refractivity contribution in [1.82, 2.24) is 19.8 Å². The molecule has 22 heavy (non-hydrogen) atoms. The van der Waals surface area contributed by atoms with E-state index < -0.39 is 0 Å². The summed E-state index contributed by atoms with van der Waals surface area (Å²) in [6.07, 6.45) is 1.81. The Balaban J connectivity index is 0.00000176. The number of fused-ring (bicyclic) bond motifs is 1. The molecular weight excluding hydrogens is 302 g/mol. The maximum atomic E-state index is 11.9. The molecule has 0 saturated carbocycles. The standard InChI is InChI=1S/C15H19N5O.ClH/c1-18(2)15(21)20-9-7-19(8-10-20)14-11-16-12-5-3-4-6-13(12)17-14;/h3-6,11H,7-10H2,1-2H3;1H. The summed E-state index contributed by atoms with van der Waals surface area (Å²) in [6.45, 7) is 3.00. The van der Waals surface area contributed by atoms with E-state index in [0.29, 0.717) is 13.1 Å². The van der Waals surface area contributed by atoms with Crippen molar-refractivity contribution in [3.05, 3.63) is 30.5 Å². The number of nitrogens with zero attached hydrogens (tertiary/aromatic N) is 5. The second-order valence-corrected chi connectivity index (χ2v) is 5.37. The Kier molecular flexibility index (Phi) is 5.03. The van der Waals surface area contributed by atoms with Crippen LogP contribution in [0.4, 0.5) is 10.6 Å². The van der Waals surface area contributed by atoms with Crippen LogP contribution in [0.1, 0.15) is 0 Å². The van der Waals surface area contributed by atoms with Crippen LogP contribution in [-0.2, 0) is 0 Å². The van der Waals surface area contributed by atoms with Crippen molar-refractivity contribution >= 4 is 35.3 Å². The molecule has 0 N–H and O–H groups in total. The number of hydrogen-bond acceptors (Lipinski definition) is 4. The van der Waals surface area contributed by atoms with E-state index >= 15 is 0 Å². The van der Waals surface area contributed by atoms with E-state index in [-0.39, 0.29) is 18.4 Å². The van der Waals surface area contributed by atoms with Crippen molar-refractivity contribution in [2.45, 2.75) is 0 Å². The van der Waals surface area contributed by atoms with E-state index in [1.807, 2.05) is 35.4 Å². The predicted molar refractivity (Wildman–Crippen MR) is 89.7 cm³/mol. The number of piperazine rings is 1. The average molecular weight is 322 g/mol. The van der Waals surface area contributed by atoms with Gasteiger partial charge in [-0.2, -0.15) is 0 Å². The monoisotopic (exact) mass is 321 g/mol. The number of hydrogen-bond donors (Lipinski definition) is 0. The van der Waals surface area contributed by atoms with Crippen LogP contribution in [0.5, 0.6) is 0 Å². The first kappa shape index (κ1) is 16.3. The number of urea groups is 1. The molecule has 0 aliphatic carbocycles. The zero-order valence-corrected chi connectivity index (χ0v) is 13.6. The largest absolute Gasteiger partial charge is 0.352 e. The number of amides is 2. The van der Waals surface area contributed by atoms with Crippen molar-refractivity contribution in [1.29, 1.82) is 0 Å². The van der Waals surface area contributed by atoms with Gasteiger partial charge in [-0.05, 0) is 12.1 Å². The van der Waals surface area contributed by atoms with Crippen LogP contribution in [0.25, 0.3) is 11.0 Å². The highest BCUT2D eigenvalue weighted by atomic mass is 35.5. The fourth-order valence-electron chi connectivity index (χ4n) is 2.51. The van der Waals surface area contributed by atoms with E-state index in [9.17, 15) is 4.79 Å². The second kappa shape index (κ2) is 6.79. The number of halogens is 1. The first-order chi connectivity index (χ1) is 10.1. The number of rotatable bonds is 1. The summed E-state index contributed by atoms with van der Waals surface area (Å²) in [5.41, 5.74) is 1.81. The molecule has 7 heteroatoms. The molecule has 1 fully saturated rings. The van der Waals surface area contributed by atoms with Gasteiger partial charge in [0.25, 0.3) is 0 Å². The highest BCUT2D eigenvalue weighted by molar-refractivity contribution is 5.85. The van der Waals surface area contributed by atoms with Gasteiger partial charge in [-0.15, -0.1) is 12.4 Å². The molecule has 0 atom stereocenters. The third-order valence-corrected chi connectivity index (χ3v) is 3.69. The Morgan fingerprint density at radius 1 is 1.09 bits per heavy atom. The van der Waals surface area contributed by atoms with Crippen LogP contribution in [0, 0.1) is 0 Å². The maximum absolute atomic E-state index is 11.9. The van der Waals surface area contributed by atoms with Gasteiger partial charge < -0.3 is 14.7 Å². The predicted octanol–water partition coefficient (Wildman–Crippen LogP) is 1.86. The van der Waals surface area contributed by atoms with Gasteiger partial charge in [0.2, 0.25) is 0 Å². The number of para-hydroxylation sites is 2. The van der Waals surface area contributed by atoms with Crippen molar-refractivity contribution in [2.75, 3.05) is 45.2 Å². The fraction of sp³-hybridized carbons (Fsp3) is 0.400. The van der Waals surface area contributed by atoms with E-state index in [4.69, 9.17) is 0 Å². The molecule has 2 heterocycles. The molecular formula is C15H20ClN5O. The SMILES string of the molecule is CN(C)C(=O)N1CCN(c2cnc3ccccc3n2)CC1.Cl. The molecule has 0 radical (unpaired) electrons. The number of anilines is 1. The lowest BCUT2D eigenvalue weighted by Gasteiger charge is -2.36. The van der Waals surface area contributed by atoms with Crippen LogP contribution in [-0.4, -0.2) is 66.1 Å². The first-order valence-electron chi connectivity index (χ1n) is 7.08. The lowest BCUT2D eigenvalue weighted by molar-refractivity contribution is 0.168. The third kappa shape index (κ3) is 3.22. The van der Waals surface area contributed by atoms with Gasteiger partial charge in [0.15, 0.2) is 0 Å². The molecule has 1 saturated heterocycles. The van der Waals surface area contributed by atoms with Crippen LogP contribution >= 0.6 is 12.4 Å². The fourth-order valence-corrected chi connectivity index (χ4v) is 2.51. The topological polar surface area (TPSA) is 52.6 Å². The molecule has 1 aliphatic heterocycles. The van der Waals surface area contributed by atoms with Crippen LogP contribution in [0.3, 0.4) is 0 Å². The zero-order valence-electron chi connectivity index (χ0n) is 12.8.